The molecule has 6 nitrogen and oxygen atoms in total. The molecule has 0 atom stereocenters. The Morgan fingerprint density at radius 2 is 1.97 bits per heavy atom. The predicted octanol–water partition coefficient (Wildman–Crippen LogP) is 6.76. The topological polar surface area (TPSA) is 68.2 Å². The molecule has 192 valence electrons. The van der Waals surface area contributed by atoms with Crippen LogP contribution in [0.5, 0.6) is 11.8 Å². The molecule has 0 amide bonds. The van der Waals surface area contributed by atoms with Gasteiger partial charge in [0.2, 0.25) is 17.0 Å². The molecule has 0 N–H and O–H groups in total. The quantitative estimate of drug-likeness (QED) is 0.290. The lowest BCUT2D eigenvalue weighted by Crippen LogP contribution is -2.28. The zero-order chi connectivity index (χ0) is 26.0. The van der Waals surface area contributed by atoms with Gasteiger partial charge in [-0.05, 0) is 73.0 Å². The summed E-state index contributed by atoms with van der Waals surface area (Å²) in [5.74, 6) is 1.43. The first-order chi connectivity index (χ1) is 17.2. The highest BCUT2D eigenvalue weighted by atomic mass is 35.5. The van der Waals surface area contributed by atoms with E-state index in [1.54, 1.807) is 0 Å². The third-order valence-electron chi connectivity index (χ3n) is 7.14. The van der Waals surface area contributed by atoms with Crippen LogP contribution in [0.1, 0.15) is 82.7 Å². The van der Waals surface area contributed by atoms with E-state index in [-0.39, 0.29) is 17.0 Å². The maximum absolute atomic E-state index is 13.2. The number of fused-ring (bicyclic) bond motifs is 2. The molecule has 0 saturated heterocycles. The Bertz CT molecular complexity index is 1230. The minimum absolute atomic E-state index is 0.190. The zero-order valence-corrected chi connectivity index (χ0v) is 23.1. The van der Waals surface area contributed by atoms with Crippen LogP contribution in [0.25, 0.3) is 5.57 Å². The summed E-state index contributed by atoms with van der Waals surface area (Å²) in [6.07, 6.45) is 6.90. The Morgan fingerprint density at radius 1 is 1.19 bits per heavy atom. The van der Waals surface area contributed by atoms with Crippen molar-refractivity contribution in [1.82, 2.24) is 19.9 Å². The minimum Gasteiger partial charge on any atom is -0.420 e. The van der Waals surface area contributed by atoms with E-state index in [4.69, 9.17) is 16.3 Å². The summed E-state index contributed by atoms with van der Waals surface area (Å²) in [5.41, 5.74) is 8.74. The molecule has 0 aromatic carbocycles. The zero-order valence-electron chi connectivity index (χ0n) is 22.4. The Hall–Kier alpha value is -2.57. The number of nitrogens with zero attached hydrogens (tertiary/aromatic N) is 4. The van der Waals surface area contributed by atoms with Crippen molar-refractivity contribution in [1.29, 1.82) is 0 Å². The lowest BCUT2D eigenvalue weighted by atomic mass is 9.76. The third kappa shape index (κ3) is 5.40. The average Bonchev–Trinajstić information content (AvgIpc) is 2.84. The average molecular weight is 509 g/mol. The van der Waals surface area contributed by atoms with Crippen molar-refractivity contribution in [2.45, 2.75) is 79.7 Å². The summed E-state index contributed by atoms with van der Waals surface area (Å²) < 4.78 is 6.28. The van der Waals surface area contributed by atoms with Gasteiger partial charge >= 0.3 is 0 Å². The van der Waals surface area contributed by atoms with Crippen LogP contribution in [0.15, 0.2) is 29.0 Å². The van der Waals surface area contributed by atoms with E-state index in [1.165, 1.54) is 22.3 Å². The van der Waals surface area contributed by atoms with Crippen molar-refractivity contribution in [2.24, 2.45) is 5.92 Å². The first-order valence-electron chi connectivity index (χ1n) is 13.1. The predicted molar refractivity (Wildman–Crippen MR) is 144 cm³/mol. The van der Waals surface area contributed by atoms with E-state index in [2.05, 4.69) is 54.6 Å². The molecule has 4 rings (SSSR count). The minimum atomic E-state index is 0.190. The van der Waals surface area contributed by atoms with Crippen molar-refractivity contribution >= 4 is 23.0 Å². The molecular formula is C29H37ClN4O2. The number of carbonyl (C=O) groups is 1. The fraction of sp³-hybridized carbons (Fsp3) is 0.517. The second-order valence-electron chi connectivity index (χ2n) is 10.2. The molecule has 7 heteroatoms. The molecule has 3 heterocycles. The number of ketones is 1. The fourth-order valence-electron chi connectivity index (χ4n) is 5.46. The van der Waals surface area contributed by atoms with Crippen molar-refractivity contribution in [3.8, 4) is 11.8 Å². The molecule has 0 fully saturated rings. The highest BCUT2D eigenvalue weighted by Crippen LogP contribution is 2.42. The highest BCUT2D eigenvalue weighted by Gasteiger charge is 2.28. The van der Waals surface area contributed by atoms with Crippen LogP contribution in [-0.4, -0.2) is 39.2 Å². The maximum Gasteiger partial charge on any atom is 0.230 e. The van der Waals surface area contributed by atoms with E-state index >= 15 is 0 Å². The van der Waals surface area contributed by atoms with E-state index in [1.807, 2.05) is 19.2 Å². The van der Waals surface area contributed by atoms with Crippen molar-refractivity contribution < 1.29 is 9.53 Å². The van der Waals surface area contributed by atoms with Crippen molar-refractivity contribution in [3.63, 3.8) is 0 Å². The Labute approximate surface area is 219 Å². The molecule has 1 aliphatic heterocycles. The van der Waals surface area contributed by atoms with Gasteiger partial charge in [-0.3, -0.25) is 4.79 Å². The number of aryl methyl sites for hydroxylation is 1. The number of halogens is 1. The van der Waals surface area contributed by atoms with Crippen molar-refractivity contribution in [2.75, 3.05) is 13.6 Å². The molecular weight excluding hydrogens is 472 g/mol. The van der Waals surface area contributed by atoms with Gasteiger partial charge in [-0.15, -0.1) is 0 Å². The number of hydrogen-bond acceptors (Lipinski definition) is 6. The first kappa shape index (κ1) is 26.5. The molecule has 2 aromatic rings. The second-order valence-corrected chi connectivity index (χ2v) is 10.6. The summed E-state index contributed by atoms with van der Waals surface area (Å²) >= 11 is 6.24. The molecule has 2 aromatic heterocycles. The Kier molecular flexibility index (Phi) is 8.26. The van der Waals surface area contributed by atoms with Crippen LogP contribution in [0.3, 0.4) is 0 Å². The number of rotatable bonds is 8. The highest BCUT2D eigenvalue weighted by molar-refractivity contribution is 6.28. The van der Waals surface area contributed by atoms with E-state index in [0.29, 0.717) is 24.7 Å². The molecule has 0 spiro atoms. The third-order valence-corrected chi connectivity index (χ3v) is 7.31. The van der Waals surface area contributed by atoms with Crippen LogP contribution >= 0.6 is 11.6 Å². The van der Waals surface area contributed by atoms with Crippen LogP contribution in [0, 0.1) is 5.92 Å². The number of hydrogen-bond donors (Lipinski definition) is 0. The number of pyridine rings is 1. The molecule has 0 bridgehead atoms. The molecule has 0 unspecified atom stereocenters. The molecule has 0 saturated carbocycles. The summed E-state index contributed by atoms with van der Waals surface area (Å²) in [6.45, 7) is 12.3. The van der Waals surface area contributed by atoms with Gasteiger partial charge in [0.25, 0.3) is 0 Å². The van der Waals surface area contributed by atoms with Crippen LogP contribution in [0.4, 0.5) is 0 Å². The van der Waals surface area contributed by atoms with Gasteiger partial charge in [0.05, 0.1) is 11.3 Å². The van der Waals surface area contributed by atoms with Gasteiger partial charge in [0, 0.05) is 43.8 Å². The first-order valence-corrected chi connectivity index (χ1v) is 13.5. The summed E-state index contributed by atoms with van der Waals surface area (Å²) in [5, 5.41) is 0.190. The number of Topliss-reactive ketones (excluding diaryl/α,β-unsaturated/α-hetero) is 1. The van der Waals surface area contributed by atoms with Gasteiger partial charge in [-0.2, -0.15) is 4.98 Å². The number of aromatic nitrogens is 3. The Balaban J connectivity index is 1.80. The summed E-state index contributed by atoms with van der Waals surface area (Å²) in [6, 6.07) is 2.02. The van der Waals surface area contributed by atoms with Gasteiger partial charge in [-0.25, -0.2) is 9.97 Å². The largest absolute Gasteiger partial charge is 0.420 e. The normalized spacial score (nSPS) is 16.6. The fourth-order valence-corrected chi connectivity index (χ4v) is 5.64. The molecule has 0 radical (unpaired) electrons. The molecule has 2 aliphatic rings. The number of carbonyl (C=O) groups excluding carboxylic acids is 1. The van der Waals surface area contributed by atoms with E-state index < -0.39 is 0 Å². The maximum atomic E-state index is 13.2. The van der Waals surface area contributed by atoms with Crippen LogP contribution < -0.4 is 4.74 Å². The van der Waals surface area contributed by atoms with Gasteiger partial charge < -0.3 is 9.64 Å². The van der Waals surface area contributed by atoms with Crippen molar-refractivity contribution in [3.05, 3.63) is 56.7 Å². The van der Waals surface area contributed by atoms with Gasteiger partial charge in [-0.1, -0.05) is 39.7 Å². The standard InChI is InChI=1S/C29H37ClN4O2/c1-7-9-18(5)27(24(35)8-2)20-11-10-19-15-31-25(14-21(19)26(20)17(3)4)36-28-22-16-34(6)13-12-23(22)32-29(30)33-28/h14-15,17H,7-13,16H2,1-6H3/b27-18-. The Morgan fingerprint density at radius 3 is 2.67 bits per heavy atom. The lowest BCUT2D eigenvalue weighted by Gasteiger charge is -2.29. The van der Waals surface area contributed by atoms with Crippen LogP contribution in [-0.2, 0) is 24.2 Å². The van der Waals surface area contributed by atoms with E-state index in [0.717, 1.165) is 61.0 Å². The monoisotopic (exact) mass is 508 g/mol. The lowest BCUT2D eigenvalue weighted by molar-refractivity contribution is -0.115. The molecule has 1 aliphatic carbocycles. The number of ether oxygens (including phenoxy) is 1. The SMILES string of the molecule is CCC/C(C)=C(\C(=O)CC)C1=C(C(C)C)c2cc(Oc3nc(Cl)nc4c3CN(C)CC4)ncc2CC1. The summed E-state index contributed by atoms with van der Waals surface area (Å²) in [4.78, 5) is 28.8. The summed E-state index contributed by atoms with van der Waals surface area (Å²) in [7, 11) is 2.07. The smallest absolute Gasteiger partial charge is 0.230 e. The van der Waals surface area contributed by atoms with E-state index in [9.17, 15) is 4.79 Å². The van der Waals surface area contributed by atoms with Gasteiger partial charge in [0.15, 0.2) is 5.78 Å². The second kappa shape index (κ2) is 11.2. The van der Waals surface area contributed by atoms with Gasteiger partial charge in [0.1, 0.15) is 0 Å². The number of likely N-dealkylation sites (N-methyl/N-ethyl adjacent to an activating group) is 1. The molecule has 36 heavy (non-hydrogen) atoms. The van der Waals surface area contributed by atoms with Crippen LogP contribution in [0.2, 0.25) is 5.28 Å². The number of allylic oxidation sites excluding steroid dienone is 4.